The summed E-state index contributed by atoms with van der Waals surface area (Å²) >= 11 is 0. The van der Waals surface area contributed by atoms with Crippen molar-refractivity contribution in [3.8, 4) is 0 Å². The smallest absolute Gasteiger partial charge is 0.356 e. The lowest BCUT2D eigenvalue weighted by Gasteiger charge is -2.23. The fourth-order valence-electron chi connectivity index (χ4n) is 4.51. The van der Waals surface area contributed by atoms with E-state index in [1.165, 1.54) is 22.3 Å². The van der Waals surface area contributed by atoms with Gasteiger partial charge in [0.05, 0.1) is 5.69 Å². The minimum Gasteiger partial charge on any atom is -0.478 e. The second kappa shape index (κ2) is 6.08. The molecule has 1 atom stereocenters. The third-order valence-electron chi connectivity index (χ3n) is 5.85. The number of fused-ring (bicyclic) bond motifs is 2. The maximum atomic E-state index is 12.0. The predicted molar refractivity (Wildman–Crippen MR) is 101 cm³/mol. The van der Waals surface area contributed by atoms with Crippen LogP contribution in [-0.2, 0) is 40.8 Å². The van der Waals surface area contributed by atoms with Crippen LogP contribution in [-0.4, -0.2) is 28.6 Å². The number of aromatic nitrogens is 1. The first-order chi connectivity index (χ1) is 13.2. The Kier molecular flexibility index (Phi) is 3.67. The largest absolute Gasteiger partial charge is 0.478 e. The van der Waals surface area contributed by atoms with E-state index in [-0.39, 0.29) is 12.6 Å². The zero-order valence-electron chi connectivity index (χ0n) is 15.0. The second-order valence-electron chi connectivity index (χ2n) is 7.43. The monoisotopic (exact) mass is 363 g/mol. The van der Waals surface area contributed by atoms with Crippen LogP contribution in [0.5, 0.6) is 0 Å². The van der Waals surface area contributed by atoms with Crippen molar-refractivity contribution in [1.29, 1.82) is 0 Å². The Morgan fingerprint density at radius 3 is 2.48 bits per heavy atom. The third-order valence-corrected chi connectivity index (χ3v) is 5.85. The SMILES string of the molecule is O=C(O)C1(c2ccccn2)CN=C(Nc2c3c(cc4c2CCC4)CCC3)O1. The number of nitrogens with zero attached hydrogens (tertiary/aromatic N) is 2. The summed E-state index contributed by atoms with van der Waals surface area (Å²) in [5.74, 6) is -1.08. The van der Waals surface area contributed by atoms with Crippen LogP contribution in [0, 0.1) is 0 Å². The molecule has 0 saturated heterocycles. The summed E-state index contributed by atoms with van der Waals surface area (Å²) in [5.41, 5.74) is 5.39. The van der Waals surface area contributed by atoms with Crippen molar-refractivity contribution in [1.82, 2.24) is 4.98 Å². The van der Waals surface area contributed by atoms with E-state index in [1.807, 2.05) is 0 Å². The van der Waals surface area contributed by atoms with Gasteiger partial charge in [0.1, 0.15) is 6.54 Å². The van der Waals surface area contributed by atoms with Crippen LogP contribution in [0.15, 0.2) is 35.5 Å². The van der Waals surface area contributed by atoms with Crippen LogP contribution in [0.1, 0.15) is 40.8 Å². The average Bonchev–Trinajstić information content (AvgIpc) is 3.41. The highest BCUT2D eigenvalue weighted by Gasteiger charge is 2.49. The topological polar surface area (TPSA) is 83.8 Å². The molecule has 6 heteroatoms. The summed E-state index contributed by atoms with van der Waals surface area (Å²) in [7, 11) is 0. The van der Waals surface area contributed by atoms with Crippen LogP contribution in [0.25, 0.3) is 0 Å². The van der Waals surface area contributed by atoms with Gasteiger partial charge in [0, 0.05) is 11.9 Å². The van der Waals surface area contributed by atoms with Crippen molar-refractivity contribution in [2.45, 2.75) is 44.1 Å². The van der Waals surface area contributed by atoms with Crippen molar-refractivity contribution in [3.63, 3.8) is 0 Å². The molecule has 1 aliphatic heterocycles. The van der Waals surface area contributed by atoms with Gasteiger partial charge >= 0.3 is 5.97 Å². The molecule has 2 aromatic rings. The van der Waals surface area contributed by atoms with Crippen LogP contribution >= 0.6 is 0 Å². The summed E-state index contributed by atoms with van der Waals surface area (Å²) in [4.78, 5) is 20.6. The lowest BCUT2D eigenvalue weighted by atomic mass is 9.99. The van der Waals surface area contributed by atoms with E-state index in [9.17, 15) is 9.90 Å². The van der Waals surface area contributed by atoms with E-state index in [0.29, 0.717) is 5.69 Å². The van der Waals surface area contributed by atoms with E-state index in [1.54, 1.807) is 24.4 Å². The molecule has 0 radical (unpaired) electrons. The van der Waals surface area contributed by atoms with Crippen molar-refractivity contribution in [2.75, 3.05) is 11.9 Å². The molecule has 5 rings (SSSR count). The molecule has 1 aromatic carbocycles. The number of aryl methyl sites for hydroxylation is 2. The number of carbonyl (C=O) groups is 1. The number of aliphatic imine (C=N–C) groups is 1. The van der Waals surface area contributed by atoms with Gasteiger partial charge in [0.2, 0.25) is 0 Å². The molecule has 1 aromatic heterocycles. The van der Waals surface area contributed by atoms with Crippen LogP contribution in [0.4, 0.5) is 5.69 Å². The van der Waals surface area contributed by atoms with Gasteiger partial charge in [-0.15, -0.1) is 0 Å². The zero-order valence-corrected chi connectivity index (χ0v) is 15.0. The van der Waals surface area contributed by atoms with Crippen molar-refractivity contribution in [3.05, 3.63) is 58.4 Å². The fraction of sp³-hybridized carbons (Fsp3) is 0.381. The number of hydrogen-bond donors (Lipinski definition) is 2. The highest BCUT2D eigenvalue weighted by atomic mass is 16.6. The Morgan fingerprint density at radius 1 is 1.11 bits per heavy atom. The number of anilines is 1. The Bertz CT molecular complexity index is 923. The van der Waals surface area contributed by atoms with Gasteiger partial charge in [-0.05, 0) is 72.9 Å². The maximum Gasteiger partial charge on any atom is 0.356 e. The van der Waals surface area contributed by atoms with Gasteiger partial charge in [-0.25, -0.2) is 9.79 Å². The fourth-order valence-corrected chi connectivity index (χ4v) is 4.51. The molecule has 6 nitrogen and oxygen atoms in total. The number of ether oxygens (including phenoxy) is 1. The number of hydrogen-bond acceptors (Lipinski definition) is 5. The van der Waals surface area contributed by atoms with Crippen LogP contribution < -0.4 is 5.32 Å². The first-order valence-corrected chi connectivity index (χ1v) is 9.49. The van der Waals surface area contributed by atoms with Crippen molar-refractivity contribution >= 4 is 17.7 Å². The van der Waals surface area contributed by atoms with Gasteiger partial charge in [-0.2, -0.15) is 0 Å². The maximum absolute atomic E-state index is 12.0. The number of aliphatic carboxylic acids is 1. The summed E-state index contributed by atoms with van der Waals surface area (Å²) in [6.07, 6.45) is 8.20. The van der Waals surface area contributed by atoms with E-state index < -0.39 is 11.6 Å². The van der Waals surface area contributed by atoms with Crippen molar-refractivity contribution < 1.29 is 14.6 Å². The lowest BCUT2D eigenvalue weighted by molar-refractivity contribution is -0.155. The number of nitrogens with one attached hydrogen (secondary N) is 1. The number of rotatable bonds is 3. The quantitative estimate of drug-likeness (QED) is 0.876. The molecule has 0 fully saturated rings. The Morgan fingerprint density at radius 2 is 1.85 bits per heavy atom. The molecule has 0 bridgehead atoms. The number of benzene rings is 1. The molecule has 0 saturated carbocycles. The van der Waals surface area contributed by atoms with E-state index >= 15 is 0 Å². The molecular weight excluding hydrogens is 342 g/mol. The van der Waals surface area contributed by atoms with E-state index in [4.69, 9.17) is 4.74 Å². The van der Waals surface area contributed by atoms with Crippen LogP contribution in [0.3, 0.4) is 0 Å². The molecule has 138 valence electrons. The molecule has 0 spiro atoms. The van der Waals surface area contributed by atoms with Crippen LogP contribution in [0.2, 0.25) is 0 Å². The van der Waals surface area contributed by atoms with E-state index in [0.717, 1.165) is 44.2 Å². The number of amidine groups is 1. The van der Waals surface area contributed by atoms with Gasteiger partial charge in [0.25, 0.3) is 11.6 Å². The Balaban J connectivity index is 1.48. The van der Waals surface area contributed by atoms with Gasteiger partial charge in [0.15, 0.2) is 0 Å². The van der Waals surface area contributed by atoms with Gasteiger partial charge in [-0.1, -0.05) is 12.1 Å². The molecule has 0 amide bonds. The molecule has 2 aliphatic carbocycles. The summed E-state index contributed by atoms with van der Waals surface area (Å²) in [6.45, 7) is 0.0128. The predicted octanol–water partition coefficient (Wildman–Crippen LogP) is 2.84. The Labute approximate surface area is 157 Å². The van der Waals surface area contributed by atoms with Gasteiger partial charge in [-0.3, -0.25) is 4.98 Å². The second-order valence-corrected chi connectivity index (χ2v) is 7.43. The van der Waals surface area contributed by atoms with E-state index in [2.05, 4.69) is 21.4 Å². The summed E-state index contributed by atoms with van der Waals surface area (Å²) in [6, 6.07) is 7.83. The minimum atomic E-state index is -1.56. The standard InChI is InChI=1S/C21H21N3O3/c25-19(26)21(17-9-1-2-10-22-17)12-23-20(27-21)24-18-15-7-3-5-13(15)11-14-6-4-8-16(14)18/h1-2,9-11H,3-8,12H2,(H,23,24)(H,25,26). The molecule has 2 heterocycles. The number of carboxylic acids is 1. The van der Waals surface area contributed by atoms with Crippen molar-refractivity contribution in [2.24, 2.45) is 4.99 Å². The highest BCUT2D eigenvalue weighted by Crippen LogP contribution is 2.39. The molecule has 1 unspecified atom stereocenters. The molecule has 3 aliphatic rings. The minimum absolute atomic E-state index is 0.0128. The molecular formula is C21H21N3O3. The van der Waals surface area contributed by atoms with Gasteiger partial charge < -0.3 is 15.2 Å². The molecule has 2 N–H and O–H groups in total. The first-order valence-electron chi connectivity index (χ1n) is 9.49. The summed E-state index contributed by atoms with van der Waals surface area (Å²) < 4.78 is 5.90. The number of pyridine rings is 1. The number of carboxylic acid groups (broad SMARTS) is 1. The lowest BCUT2D eigenvalue weighted by Crippen LogP contribution is -2.41. The molecule has 27 heavy (non-hydrogen) atoms. The Hall–Kier alpha value is -2.89. The summed E-state index contributed by atoms with van der Waals surface area (Å²) in [5, 5.41) is 13.2. The average molecular weight is 363 g/mol. The third kappa shape index (κ3) is 2.51. The zero-order chi connectivity index (χ0) is 18.4. The first kappa shape index (κ1) is 16.3. The highest BCUT2D eigenvalue weighted by molar-refractivity contribution is 5.96. The normalized spacial score (nSPS) is 22.7.